The Bertz CT molecular complexity index is 1490. The number of phenols is 1. The summed E-state index contributed by atoms with van der Waals surface area (Å²) in [6.45, 7) is 1.85. The van der Waals surface area contributed by atoms with Gasteiger partial charge in [0.15, 0.2) is 17.2 Å². The van der Waals surface area contributed by atoms with Crippen LogP contribution < -0.4 is 21.1 Å². The Labute approximate surface area is 279 Å². The number of amides is 2. The van der Waals surface area contributed by atoms with Gasteiger partial charge in [-0.25, -0.2) is 4.79 Å². The Hall–Kier alpha value is -2.72. The third kappa shape index (κ3) is 8.47. The summed E-state index contributed by atoms with van der Waals surface area (Å²) in [5, 5.41) is 16.2. The molecule has 4 bridgehead atoms. The van der Waals surface area contributed by atoms with Crippen LogP contribution in [0.1, 0.15) is 23.6 Å². The number of nitrogens with one attached hydrogen (secondary N) is 2. The third-order valence-electron chi connectivity index (χ3n) is 6.80. The van der Waals surface area contributed by atoms with Crippen LogP contribution in [0.4, 0.5) is 0 Å². The average Bonchev–Trinajstić information content (AvgIpc) is 2.97. The number of hydrogen-bond acceptors (Lipinski definition) is 8. The zero-order chi connectivity index (χ0) is 31.3. The number of carbonyl (C=O) groups is 3. The van der Waals surface area contributed by atoms with Gasteiger partial charge in [0.05, 0.1) is 38.4 Å². The molecule has 0 saturated carbocycles. The van der Waals surface area contributed by atoms with Gasteiger partial charge in [-0.15, -0.1) is 0 Å². The van der Waals surface area contributed by atoms with Crippen molar-refractivity contribution in [3.05, 3.63) is 83.8 Å². The highest BCUT2D eigenvalue weighted by Crippen LogP contribution is 2.42. The van der Waals surface area contributed by atoms with Gasteiger partial charge in [0, 0.05) is 6.42 Å². The third-order valence-corrected chi connectivity index (χ3v) is 8.80. The normalized spacial score (nSPS) is 19.9. The number of carbonyl (C=O) groups excluding carboxylic acids is 3. The van der Waals surface area contributed by atoms with E-state index in [2.05, 4.69) is 42.5 Å². The average molecular weight is 831 g/mol. The summed E-state index contributed by atoms with van der Waals surface area (Å²) in [6, 6.07) is 12.9. The maximum absolute atomic E-state index is 13.7. The van der Waals surface area contributed by atoms with Crippen LogP contribution >= 0.6 is 54.5 Å². The monoisotopic (exact) mass is 829 g/mol. The van der Waals surface area contributed by atoms with Crippen molar-refractivity contribution < 1.29 is 33.7 Å². The van der Waals surface area contributed by atoms with Crippen molar-refractivity contribution in [2.45, 2.75) is 50.6 Å². The van der Waals surface area contributed by atoms with Gasteiger partial charge in [0.25, 0.3) is 0 Å². The molecule has 0 saturated heterocycles. The molecule has 0 fully saturated rings. The number of nitrogens with two attached hydrogens (primary N) is 1. The molecule has 2 aliphatic rings. The lowest BCUT2D eigenvalue weighted by atomic mass is 10.0. The van der Waals surface area contributed by atoms with Gasteiger partial charge in [-0.05, 0) is 109 Å². The molecule has 0 aliphatic carbocycles. The molecule has 228 valence electrons. The van der Waals surface area contributed by atoms with Crippen molar-refractivity contribution in [1.82, 2.24) is 10.6 Å². The van der Waals surface area contributed by atoms with E-state index in [9.17, 15) is 19.5 Å². The molecule has 5 N–H and O–H groups in total. The summed E-state index contributed by atoms with van der Waals surface area (Å²) in [6.07, 6.45) is -0.652. The molecule has 0 radical (unpaired) electrons. The number of methoxy groups -OCH3 is 1. The van der Waals surface area contributed by atoms with E-state index in [-0.39, 0.29) is 30.9 Å². The number of ether oxygens (including phenoxy) is 3. The van der Waals surface area contributed by atoms with Crippen LogP contribution in [0.3, 0.4) is 0 Å². The molecule has 2 aliphatic heterocycles. The Morgan fingerprint density at radius 2 is 1.72 bits per heavy atom. The second-order valence-electron chi connectivity index (χ2n) is 10.0. The lowest BCUT2D eigenvalue weighted by Gasteiger charge is -2.28. The molecule has 13 heteroatoms. The second kappa shape index (κ2) is 14.8. The van der Waals surface area contributed by atoms with Crippen molar-refractivity contribution in [2.24, 2.45) is 5.73 Å². The number of hydrogen-bond donors (Lipinski definition) is 4. The van der Waals surface area contributed by atoms with Gasteiger partial charge >= 0.3 is 5.97 Å². The number of rotatable bonds is 5. The minimum Gasteiger partial charge on any atom is -0.504 e. The zero-order valence-electron chi connectivity index (χ0n) is 23.2. The van der Waals surface area contributed by atoms with Crippen LogP contribution in [-0.4, -0.2) is 54.2 Å². The van der Waals surface area contributed by atoms with E-state index in [1.807, 2.05) is 52.9 Å². The van der Waals surface area contributed by atoms with E-state index in [0.717, 1.165) is 5.56 Å². The standard InChI is InChI=1S/C30H30Br2IN3O7/c1-15(42-14-16-6-4-3-5-7-16)25-29(39)35-23(30(40)41-2)12-17-8-19(31)27(20(32)9-17)43-24-13-18(10-21(33)26(24)37)11-22(34)28(38)36-25/h3-10,13,15,22-23,25,37H,11-12,14,34H2,1-2H3,(H,35,39)(H,36,38)/t15-,22-,23?,25-/m0/s1. The van der Waals surface area contributed by atoms with Crippen LogP contribution in [0.15, 0.2) is 63.5 Å². The smallest absolute Gasteiger partial charge is 0.328 e. The van der Waals surface area contributed by atoms with Crippen LogP contribution in [0, 0.1) is 3.57 Å². The highest BCUT2D eigenvalue weighted by molar-refractivity contribution is 14.1. The summed E-state index contributed by atoms with van der Waals surface area (Å²) < 4.78 is 18.6. The van der Waals surface area contributed by atoms with E-state index in [0.29, 0.717) is 29.4 Å². The molecule has 1 unspecified atom stereocenters. The van der Waals surface area contributed by atoms with Gasteiger partial charge in [-0.1, -0.05) is 30.3 Å². The number of halogens is 3. The van der Waals surface area contributed by atoms with E-state index < -0.39 is 42.0 Å². The van der Waals surface area contributed by atoms with Gasteiger partial charge in [0.2, 0.25) is 11.8 Å². The number of aromatic hydroxyl groups is 1. The van der Waals surface area contributed by atoms with Crippen LogP contribution in [-0.2, 0) is 43.3 Å². The molecule has 2 heterocycles. The minimum absolute atomic E-state index is 0.0635. The molecular formula is C30H30Br2IN3O7. The van der Waals surface area contributed by atoms with Gasteiger partial charge < -0.3 is 35.7 Å². The van der Waals surface area contributed by atoms with Crippen LogP contribution in [0.2, 0.25) is 0 Å². The van der Waals surface area contributed by atoms with Crippen molar-refractivity contribution in [2.75, 3.05) is 7.11 Å². The van der Waals surface area contributed by atoms with Gasteiger partial charge in [0.1, 0.15) is 12.1 Å². The molecule has 3 aromatic rings. The molecule has 0 aromatic heterocycles. The summed E-state index contributed by atoms with van der Waals surface area (Å²) in [4.78, 5) is 39.8. The highest BCUT2D eigenvalue weighted by atomic mass is 127. The number of phenolic OH excluding ortho intramolecular Hbond substituents is 1. The highest BCUT2D eigenvalue weighted by Gasteiger charge is 2.33. The molecule has 5 rings (SSSR count). The SMILES string of the molecule is COC(=O)C1Cc2cc(Br)c(c(Br)c2)Oc2cc(cc(I)c2O)C[C@H](N)C(=O)N[C@@H]([C@H](C)OCc2ccccc2)C(=O)N1. The molecule has 10 nitrogen and oxygen atoms in total. The first kappa shape index (κ1) is 33.2. The number of fused-ring (bicyclic) bond motifs is 10. The largest absolute Gasteiger partial charge is 0.504 e. The zero-order valence-corrected chi connectivity index (χ0v) is 28.6. The first-order valence-electron chi connectivity index (χ1n) is 13.2. The molecule has 43 heavy (non-hydrogen) atoms. The quantitative estimate of drug-likeness (QED) is 0.217. The summed E-state index contributed by atoms with van der Waals surface area (Å²) in [5.41, 5.74) is 8.48. The first-order valence-corrected chi connectivity index (χ1v) is 15.9. The predicted octanol–water partition coefficient (Wildman–Crippen LogP) is 4.49. The van der Waals surface area contributed by atoms with Crippen molar-refractivity contribution >= 4 is 72.2 Å². The molecule has 0 spiro atoms. The maximum atomic E-state index is 13.7. The van der Waals surface area contributed by atoms with Crippen LogP contribution in [0.25, 0.3) is 0 Å². The van der Waals surface area contributed by atoms with E-state index >= 15 is 0 Å². The number of esters is 1. The van der Waals surface area contributed by atoms with Crippen LogP contribution in [0.5, 0.6) is 17.2 Å². The van der Waals surface area contributed by atoms with Crippen molar-refractivity contribution in [3.8, 4) is 17.2 Å². The van der Waals surface area contributed by atoms with E-state index in [1.54, 1.807) is 31.2 Å². The number of benzene rings is 3. The lowest BCUT2D eigenvalue weighted by Crippen LogP contribution is -2.59. The Morgan fingerprint density at radius 3 is 2.37 bits per heavy atom. The van der Waals surface area contributed by atoms with E-state index in [4.69, 9.17) is 19.9 Å². The Morgan fingerprint density at radius 1 is 1.07 bits per heavy atom. The van der Waals surface area contributed by atoms with Crippen molar-refractivity contribution in [3.63, 3.8) is 0 Å². The molecule has 2 amide bonds. The second-order valence-corrected chi connectivity index (χ2v) is 12.9. The summed E-state index contributed by atoms with van der Waals surface area (Å²) >= 11 is 9.01. The molecule has 3 aromatic carbocycles. The summed E-state index contributed by atoms with van der Waals surface area (Å²) in [5.74, 6) is -1.44. The van der Waals surface area contributed by atoms with E-state index in [1.165, 1.54) is 7.11 Å². The fraction of sp³-hybridized carbons (Fsp3) is 0.300. The fourth-order valence-electron chi connectivity index (χ4n) is 4.49. The lowest BCUT2D eigenvalue weighted by molar-refractivity contribution is -0.146. The fourth-order valence-corrected chi connectivity index (χ4v) is 6.60. The maximum Gasteiger partial charge on any atom is 0.328 e. The topological polar surface area (TPSA) is 149 Å². The predicted molar refractivity (Wildman–Crippen MR) is 175 cm³/mol. The first-order chi connectivity index (χ1) is 20.5. The molecular weight excluding hydrogens is 801 g/mol. The summed E-state index contributed by atoms with van der Waals surface area (Å²) in [7, 11) is 1.23. The van der Waals surface area contributed by atoms with Gasteiger partial charge in [-0.3, -0.25) is 9.59 Å². The van der Waals surface area contributed by atoms with Crippen molar-refractivity contribution in [1.29, 1.82) is 0 Å². The van der Waals surface area contributed by atoms with Gasteiger partial charge in [-0.2, -0.15) is 0 Å². The molecule has 4 atom stereocenters. The Balaban J connectivity index is 1.74. The Kier molecular flexibility index (Phi) is 11.5. The minimum atomic E-state index is -1.19.